The van der Waals surface area contributed by atoms with E-state index in [1.807, 2.05) is 0 Å². The van der Waals surface area contributed by atoms with Crippen LogP contribution in [0.3, 0.4) is 0 Å². The van der Waals surface area contributed by atoms with Crippen molar-refractivity contribution in [3.05, 3.63) is 85.1 Å². The van der Waals surface area contributed by atoms with Gasteiger partial charge in [0.2, 0.25) is 0 Å². The molecule has 0 aromatic carbocycles. The number of unbranched alkanes of at least 4 members (excludes halogenated alkanes) is 4. The minimum absolute atomic E-state index is 0.0888. The zero-order valence-electron chi connectivity index (χ0n) is 30.6. The third-order valence-electron chi connectivity index (χ3n) is 7.81. The molecular weight excluding hydrogens is 636 g/mol. The van der Waals surface area contributed by atoms with Crippen molar-refractivity contribution < 1.29 is 44.2 Å². The molecule has 4 N–H and O–H groups in total. The molecule has 50 heavy (non-hydrogen) atoms. The van der Waals surface area contributed by atoms with E-state index in [4.69, 9.17) is 18.9 Å². The van der Waals surface area contributed by atoms with Crippen molar-refractivity contribution in [2.24, 2.45) is 0 Å². The van der Waals surface area contributed by atoms with Crippen molar-refractivity contribution >= 4 is 5.97 Å². The van der Waals surface area contributed by atoms with Gasteiger partial charge in [-0.25, -0.2) is 0 Å². The fourth-order valence-corrected chi connectivity index (χ4v) is 4.92. The van der Waals surface area contributed by atoms with Gasteiger partial charge < -0.3 is 39.4 Å². The van der Waals surface area contributed by atoms with Gasteiger partial charge in [0.25, 0.3) is 0 Å². The Labute approximate surface area is 301 Å². The van der Waals surface area contributed by atoms with E-state index in [1.54, 1.807) is 0 Å². The van der Waals surface area contributed by atoms with Crippen LogP contribution >= 0.6 is 0 Å². The quantitative estimate of drug-likeness (QED) is 0.0365. The summed E-state index contributed by atoms with van der Waals surface area (Å²) < 4.78 is 22.6. The van der Waals surface area contributed by atoms with Crippen LogP contribution in [-0.4, -0.2) is 89.6 Å². The molecule has 0 amide bonds. The van der Waals surface area contributed by atoms with Crippen LogP contribution in [0.2, 0.25) is 0 Å². The third-order valence-corrected chi connectivity index (χ3v) is 7.81. The maximum Gasteiger partial charge on any atom is 0.306 e. The van der Waals surface area contributed by atoms with Gasteiger partial charge in [0.05, 0.1) is 19.8 Å². The number of carbonyl (C=O) groups excluding carboxylic acids is 1. The molecule has 0 saturated carbocycles. The molecule has 0 radical (unpaired) electrons. The highest BCUT2D eigenvalue weighted by Gasteiger charge is 2.44. The fraction of sp³-hybridized carbons (Fsp3) is 0.634. The van der Waals surface area contributed by atoms with E-state index in [2.05, 4.69) is 98.9 Å². The largest absolute Gasteiger partial charge is 0.457 e. The Bertz CT molecular complexity index is 1030. The highest BCUT2D eigenvalue weighted by molar-refractivity contribution is 5.69. The molecule has 0 spiro atoms. The van der Waals surface area contributed by atoms with Gasteiger partial charge in [-0.05, 0) is 77.0 Å². The van der Waals surface area contributed by atoms with Crippen LogP contribution in [0.4, 0.5) is 0 Å². The lowest BCUT2D eigenvalue weighted by Crippen LogP contribution is -2.59. The molecule has 0 aromatic heterocycles. The zero-order chi connectivity index (χ0) is 36.5. The second-order valence-corrected chi connectivity index (χ2v) is 12.3. The number of allylic oxidation sites excluding steroid dienone is 14. The summed E-state index contributed by atoms with van der Waals surface area (Å²) in [6.45, 7) is 4.10. The molecule has 0 bridgehead atoms. The van der Waals surface area contributed by atoms with Crippen molar-refractivity contribution in [1.82, 2.24) is 0 Å². The van der Waals surface area contributed by atoms with E-state index >= 15 is 0 Å². The van der Waals surface area contributed by atoms with Gasteiger partial charge in [0, 0.05) is 13.0 Å². The SMILES string of the molecule is CC/C=C\C/C=C\C/C=C\C/C=C\CCCOCC(COC1OC(CO)C(O)C(O)C1O)OC(=O)CCCCC/C=C\C/C=C\C/C=C\CC. The molecule has 0 aliphatic carbocycles. The van der Waals surface area contributed by atoms with Crippen LogP contribution < -0.4 is 0 Å². The molecule has 0 aromatic rings. The van der Waals surface area contributed by atoms with Crippen LogP contribution in [0, 0.1) is 0 Å². The Balaban J connectivity index is 2.43. The van der Waals surface area contributed by atoms with E-state index in [-0.39, 0.29) is 25.6 Å². The summed E-state index contributed by atoms with van der Waals surface area (Å²) in [6.07, 6.45) is 34.8. The van der Waals surface area contributed by atoms with Gasteiger partial charge in [-0.1, -0.05) is 105 Å². The molecule has 1 rings (SSSR count). The number of rotatable bonds is 29. The molecule has 1 saturated heterocycles. The van der Waals surface area contributed by atoms with Gasteiger partial charge >= 0.3 is 5.97 Å². The van der Waals surface area contributed by atoms with Crippen molar-refractivity contribution in [2.45, 2.75) is 141 Å². The average molecular weight is 703 g/mol. The topological polar surface area (TPSA) is 135 Å². The van der Waals surface area contributed by atoms with Gasteiger partial charge in [-0.15, -0.1) is 0 Å². The summed E-state index contributed by atoms with van der Waals surface area (Å²) in [5.74, 6) is -0.367. The van der Waals surface area contributed by atoms with Gasteiger partial charge in [-0.3, -0.25) is 4.79 Å². The lowest BCUT2D eigenvalue weighted by Gasteiger charge is -2.39. The summed E-state index contributed by atoms with van der Waals surface area (Å²) in [7, 11) is 0. The highest BCUT2D eigenvalue weighted by Crippen LogP contribution is 2.22. The van der Waals surface area contributed by atoms with Gasteiger partial charge in [0.15, 0.2) is 6.29 Å². The molecule has 1 heterocycles. The first-order chi connectivity index (χ1) is 24.4. The summed E-state index contributed by atoms with van der Waals surface area (Å²) in [5.41, 5.74) is 0. The normalized spacial score (nSPS) is 22.6. The van der Waals surface area contributed by atoms with Gasteiger partial charge in [-0.2, -0.15) is 0 Å². The molecule has 6 unspecified atom stereocenters. The lowest BCUT2D eigenvalue weighted by atomic mass is 9.99. The van der Waals surface area contributed by atoms with Crippen LogP contribution in [-0.2, 0) is 23.7 Å². The second-order valence-electron chi connectivity index (χ2n) is 12.3. The van der Waals surface area contributed by atoms with Crippen molar-refractivity contribution in [1.29, 1.82) is 0 Å². The Kier molecular flexibility index (Phi) is 29.3. The predicted octanol–water partition coefficient (Wildman–Crippen LogP) is 7.13. The maximum absolute atomic E-state index is 12.7. The van der Waals surface area contributed by atoms with Crippen molar-refractivity contribution in [3.63, 3.8) is 0 Å². The number of hydrogen-bond acceptors (Lipinski definition) is 9. The van der Waals surface area contributed by atoms with Crippen LogP contribution in [0.5, 0.6) is 0 Å². The van der Waals surface area contributed by atoms with Crippen molar-refractivity contribution in [2.75, 3.05) is 26.4 Å². The number of esters is 1. The smallest absolute Gasteiger partial charge is 0.306 e. The van der Waals surface area contributed by atoms with Crippen LogP contribution in [0.1, 0.15) is 104 Å². The third kappa shape index (κ3) is 23.7. The molecule has 1 aliphatic heterocycles. The van der Waals surface area contributed by atoms with Crippen LogP contribution in [0.15, 0.2) is 85.1 Å². The molecule has 1 fully saturated rings. The predicted molar refractivity (Wildman–Crippen MR) is 200 cm³/mol. The van der Waals surface area contributed by atoms with Crippen LogP contribution in [0.25, 0.3) is 0 Å². The zero-order valence-corrected chi connectivity index (χ0v) is 30.6. The maximum atomic E-state index is 12.7. The minimum atomic E-state index is -1.55. The molecular formula is C41H66O9. The molecule has 9 nitrogen and oxygen atoms in total. The highest BCUT2D eigenvalue weighted by atomic mass is 16.7. The van der Waals surface area contributed by atoms with E-state index in [0.717, 1.165) is 77.0 Å². The first kappa shape index (κ1) is 45.4. The summed E-state index contributed by atoms with van der Waals surface area (Å²) >= 11 is 0. The van der Waals surface area contributed by atoms with E-state index in [9.17, 15) is 25.2 Å². The standard InChI is InChI=1S/C41H66O9/c1-3-5-7-9-11-13-15-17-19-21-23-25-27-29-31-47-33-35(34-48-41-40(46)39(45)38(44)36(32-42)50-41)49-37(43)30-28-26-24-22-20-18-16-14-12-10-8-6-4-2/h5-8,11-14,17-20,23,25,35-36,38-42,44-46H,3-4,9-10,15-16,21-22,24,26-34H2,1-2H3/b7-5-,8-6-,13-11-,14-12-,19-17-,20-18-,25-23-. The van der Waals surface area contributed by atoms with E-state index in [1.165, 1.54) is 0 Å². The molecule has 1 aliphatic rings. The summed E-state index contributed by atoms with van der Waals surface area (Å²) in [6, 6.07) is 0. The van der Waals surface area contributed by atoms with E-state index < -0.39 is 43.4 Å². The molecule has 6 atom stereocenters. The Morgan fingerprint density at radius 3 is 1.70 bits per heavy atom. The van der Waals surface area contributed by atoms with Gasteiger partial charge in [0.1, 0.15) is 30.5 Å². The van der Waals surface area contributed by atoms with Crippen molar-refractivity contribution in [3.8, 4) is 0 Å². The number of aliphatic hydroxyl groups excluding tert-OH is 4. The first-order valence-electron chi connectivity index (χ1n) is 18.7. The minimum Gasteiger partial charge on any atom is -0.457 e. The number of ether oxygens (including phenoxy) is 4. The lowest BCUT2D eigenvalue weighted by molar-refractivity contribution is -0.305. The number of aliphatic hydroxyl groups is 4. The summed E-state index contributed by atoms with van der Waals surface area (Å²) in [5, 5.41) is 39.9. The monoisotopic (exact) mass is 702 g/mol. The van der Waals surface area contributed by atoms with E-state index in [0.29, 0.717) is 13.0 Å². The Morgan fingerprint density at radius 1 is 0.640 bits per heavy atom. The Morgan fingerprint density at radius 2 is 1.16 bits per heavy atom. The average Bonchev–Trinajstić information content (AvgIpc) is 3.11. The fourth-order valence-electron chi connectivity index (χ4n) is 4.92. The Hall–Kier alpha value is -2.63. The molecule has 9 heteroatoms. The second kappa shape index (κ2) is 32.3. The number of hydrogen-bond donors (Lipinski definition) is 4. The molecule has 284 valence electrons. The number of carbonyl (C=O) groups is 1. The first-order valence-corrected chi connectivity index (χ1v) is 18.7. The summed E-state index contributed by atoms with van der Waals surface area (Å²) in [4.78, 5) is 12.7.